The second-order valence-corrected chi connectivity index (χ2v) is 8.35. The molecule has 2 aliphatic carbocycles. The standard InChI is InChI=1S/C20H31N/c1-20(2,3)18-8-6-5-7-17(18)19(21-4)13-16-12-14-9-10-15(16)11-14/h5-8,14-16,19,21H,9-13H2,1-4H3. The molecule has 2 fully saturated rings. The fourth-order valence-electron chi connectivity index (χ4n) is 4.85. The van der Waals surface area contributed by atoms with Gasteiger partial charge < -0.3 is 5.32 Å². The summed E-state index contributed by atoms with van der Waals surface area (Å²) in [5.74, 6) is 3.03. The zero-order valence-corrected chi connectivity index (χ0v) is 14.2. The quantitative estimate of drug-likeness (QED) is 0.814. The number of benzene rings is 1. The van der Waals surface area contributed by atoms with Crippen molar-refractivity contribution >= 4 is 0 Å². The maximum Gasteiger partial charge on any atom is 0.0323 e. The second-order valence-electron chi connectivity index (χ2n) is 8.35. The summed E-state index contributed by atoms with van der Waals surface area (Å²) < 4.78 is 0. The molecule has 2 bridgehead atoms. The zero-order chi connectivity index (χ0) is 15.0. The van der Waals surface area contributed by atoms with Crippen molar-refractivity contribution in [1.82, 2.24) is 5.32 Å². The van der Waals surface area contributed by atoms with Crippen molar-refractivity contribution in [2.24, 2.45) is 17.8 Å². The molecule has 4 unspecified atom stereocenters. The van der Waals surface area contributed by atoms with Gasteiger partial charge in [-0.15, -0.1) is 0 Å². The largest absolute Gasteiger partial charge is 0.313 e. The van der Waals surface area contributed by atoms with E-state index in [1.807, 2.05) is 0 Å². The topological polar surface area (TPSA) is 12.0 Å². The lowest BCUT2D eigenvalue weighted by molar-refractivity contribution is 0.283. The Morgan fingerprint density at radius 2 is 1.90 bits per heavy atom. The number of hydrogen-bond acceptors (Lipinski definition) is 1. The second kappa shape index (κ2) is 5.76. The van der Waals surface area contributed by atoms with Gasteiger partial charge >= 0.3 is 0 Å². The van der Waals surface area contributed by atoms with E-state index >= 15 is 0 Å². The molecule has 2 aliphatic rings. The van der Waals surface area contributed by atoms with Gasteiger partial charge in [-0.3, -0.25) is 0 Å². The molecule has 0 aliphatic heterocycles. The van der Waals surface area contributed by atoms with Gasteiger partial charge in [-0.25, -0.2) is 0 Å². The molecule has 2 saturated carbocycles. The number of rotatable bonds is 4. The van der Waals surface area contributed by atoms with Crippen LogP contribution in [0, 0.1) is 17.8 Å². The molecule has 1 heteroatoms. The Bertz CT molecular complexity index is 485. The lowest BCUT2D eigenvalue weighted by atomic mass is 9.78. The summed E-state index contributed by atoms with van der Waals surface area (Å²) in [5.41, 5.74) is 3.25. The van der Waals surface area contributed by atoms with Crippen LogP contribution in [0.2, 0.25) is 0 Å². The Morgan fingerprint density at radius 3 is 2.48 bits per heavy atom. The highest BCUT2D eigenvalue weighted by Gasteiger charge is 2.40. The summed E-state index contributed by atoms with van der Waals surface area (Å²) in [6, 6.07) is 9.57. The summed E-state index contributed by atoms with van der Waals surface area (Å²) in [7, 11) is 2.14. The van der Waals surface area contributed by atoms with E-state index < -0.39 is 0 Å². The van der Waals surface area contributed by atoms with Crippen LogP contribution in [0.15, 0.2) is 24.3 Å². The van der Waals surface area contributed by atoms with Crippen LogP contribution in [0.4, 0.5) is 0 Å². The molecule has 0 amide bonds. The molecule has 0 heterocycles. The van der Waals surface area contributed by atoms with E-state index in [1.54, 1.807) is 0 Å². The highest BCUT2D eigenvalue weighted by Crippen LogP contribution is 2.51. The van der Waals surface area contributed by atoms with E-state index in [9.17, 15) is 0 Å². The van der Waals surface area contributed by atoms with Crippen molar-refractivity contribution in [2.45, 2.75) is 64.3 Å². The molecule has 1 aromatic rings. The Labute approximate surface area is 130 Å². The fraction of sp³-hybridized carbons (Fsp3) is 0.700. The van der Waals surface area contributed by atoms with E-state index in [4.69, 9.17) is 0 Å². The van der Waals surface area contributed by atoms with Crippen LogP contribution in [0.25, 0.3) is 0 Å². The Balaban J connectivity index is 1.80. The molecule has 21 heavy (non-hydrogen) atoms. The molecule has 1 N–H and O–H groups in total. The molecule has 0 radical (unpaired) electrons. The molecule has 1 aromatic carbocycles. The molecule has 0 spiro atoms. The van der Waals surface area contributed by atoms with Crippen LogP contribution in [0.3, 0.4) is 0 Å². The lowest BCUT2D eigenvalue weighted by Crippen LogP contribution is -2.26. The molecular weight excluding hydrogens is 254 g/mol. The number of fused-ring (bicyclic) bond motifs is 2. The molecule has 3 rings (SSSR count). The predicted octanol–water partition coefficient (Wildman–Crippen LogP) is 5.07. The van der Waals surface area contributed by atoms with Gasteiger partial charge in [0, 0.05) is 6.04 Å². The van der Waals surface area contributed by atoms with Gasteiger partial charge in [0.25, 0.3) is 0 Å². The fourth-order valence-corrected chi connectivity index (χ4v) is 4.85. The van der Waals surface area contributed by atoms with Gasteiger partial charge in [-0.05, 0) is 67.0 Å². The van der Waals surface area contributed by atoms with E-state index in [2.05, 4.69) is 57.4 Å². The van der Waals surface area contributed by atoms with E-state index in [1.165, 1.54) is 43.2 Å². The van der Waals surface area contributed by atoms with Crippen LogP contribution in [0.1, 0.15) is 70.0 Å². The van der Waals surface area contributed by atoms with Gasteiger partial charge in [0.2, 0.25) is 0 Å². The van der Waals surface area contributed by atoms with Gasteiger partial charge in [0.1, 0.15) is 0 Å². The van der Waals surface area contributed by atoms with Crippen molar-refractivity contribution in [1.29, 1.82) is 0 Å². The average molecular weight is 285 g/mol. The van der Waals surface area contributed by atoms with Crippen LogP contribution in [0.5, 0.6) is 0 Å². The van der Waals surface area contributed by atoms with Gasteiger partial charge in [0.05, 0.1) is 0 Å². The van der Waals surface area contributed by atoms with Crippen molar-refractivity contribution in [3.8, 4) is 0 Å². The first kappa shape index (κ1) is 15.1. The molecule has 0 saturated heterocycles. The van der Waals surface area contributed by atoms with Crippen molar-refractivity contribution in [3.05, 3.63) is 35.4 Å². The minimum absolute atomic E-state index is 0.223. The highest BCUT2D eigenvalue weighted by molar-refractivity contribution is 5.35. The third kappa shape index (κ3) is 3.04. The summed E-state index contributed by atoms with van der Waals surface area (Å²) in [6.45, 7) is 6.99. The number of nitrogens with one attached hydrogen (secondary N) is 1. The predicted molar refractivity (Wildman–Crippen MR) is 90.5 cm³/mol. The van der Waals surface area contributed by atoms with Gasteiger partial charge in [-0.1, -0.05) is 51.5 Å². The smallest absolute Gasteiger partial charge is 0.0323 e. The maximum absolute atomic E-state index is 3.62. The number of hydrogen-bond donors (Lipinski definition) is 1. The summed E-state index contributed by atoms with van der Waals surface area (Å²) in [4.78, 5) is 0. The monoisotopic (exact) mass is 285 g/mol. The van der Waals surface area contributed by atoms with E-state index in [-0.39, 0.29) is 5.41 Å². The Hall–Kier alpha value is -0.820. The minimum Gasteiger partial charge on any atom is -0.313 e. The van der Waals surface area contributed by atoms with Crippen molar-refractivity contribution < 1.29 is 0 Å². The molecular formula is C20H31N. The van der Waals surface area contributed by atoms with Crippen LogP contribution >= 0.6 is 0 Å². The van der Waals surface area contributed by atoms with Crippen LogP contribution in [-0.2, 0) is 5.41 Å². The summed E-state index contributed by atoms with van der Waals surface area (Å²) in [6.07, 6.45) is 7.32. The van der Waals surface area contributed by atoms with E-state index in [0.29, 0.717) is 6.04 Å². The normalized spacial score (nSPS) is 29.8. The first-order valence-corrected chi connectivity index (χ1v) is 8.75. The molecule has 0 aromatic heterocycles. The van der Waals surface area contributed by atoms with Crippen LogP contribution < -0.4 is 5.32 Å². The minimum atomic E-state index is 0.223. The SMILES string of the molecule is CNC(CC1CC2CCC1C2)c1ccccc1C(C)(C)C. The zero-order valence-electron chi connectivity index (χ0n) is 14.2. The van der Waals surface area contributed by atoms with Crippen molar-refractivity contribution in [3.63, 3.8) is 0 Å². The molecule has 4 atom stereocenters. The van der Waals surface area contributed by atoms with E-state index in [0.717, 1.165) is 17.8 Å². The van der Waals surface area contributed by atoms with Crippen molar-refractivity contribution in [2.75, 3.05) is 7.05 Å². The molecule has 116 valence electrons. The third-order valence-corrected chi connectivity index (χ3v) is 5.92. The van der Waals surface area contributed by atoms with Gasteiger partial charge in [0.15, 0.2) is 0 Å². The first-order chi connectivity index (χ1) is 9.99. The summed E-state index contributed by atoms with van der Waals surface area (Å²) in [5, 5.41) is 3.62. The lowest BCUT2D eigenvalue weighted by Gasteiger charge is -2.31. The summed E-state index contributed by atoms with van der Waals surface area (Å²) >= 11 is 0. The average Bonchev–Trinajstić information content (AvgIpc) is 3.06. The Kier molecular flexibility index (Phi) is 4.14. The first-order valence-electron chi connectivity index (χ1n) is 8.75. The Morgan fingerprint density at radius 1 is 1.14 bits per heavy atom. The van der Waals surface area contributed by atoms with Crippen LogP contribution in [-0.4, -0.2) is 7.05 Å². The third-order valence-electron chi connectivity index (χ3n) is 5.92. The highest BCUT2D eigenvalue weighted by atomic mass is 14.9. The maximum atomic E-state index is 3.62. The molecule has 1 nitrogen and oxygen atoms in total. The van der Waals surface area contributed by atoms with Gasteiger partial charge in [-0.2, -0.15) is 0 Å².